The zero-order valence-corrected chi connectivity index (χ0v) is 12.9. The van der Waals surface area contributed by atoms with E-state index in [4.69, 9.17) is 22.1 Å². The molecule has 0 amide bonds. The summed E-state index contributed by atoms with van der Waals surface area (Å²) in [7, 11) is -3.60. The lowest BCUT2D eigenvalue weighted by Gasteiger charge is -2.34. The maximum Gasteiger partial charge on any atom is 0.241 e. The van der Waals surface area contributed by atoms with Crippen LogP contribution in [0.5, 0.6) is 0 Å². The quantitative estimate of drug-likeness (QED) is 0.884. The first-order valence-corrected chi connectivity index (χ1v) is 8.33. The number of nitrogens with one attached hydrogen (secondary N) is 1. The zero-order chi connectivity index (χ0) is 14.8. The van der Waals surface area contributed by atoms with E-state index in [0.29, 0.717) is 31.1 Å². The number of sulfonamides is 1. The topological polar surface area (TPSA) is 81.4 Å². The highest BCUT2D eigenvalue weighted by atomic mass is 35.5. The molecule has 0 unspecified atom stereocenters. The number of benzene rings is 1. The van der Waals surface area contributed by atoms with E-state index < -0.39 is 15.6 Å². The molecule has 2 rings (SSSR count). The Hall–Kier alpha value is -0.660. The van der Waals surface area contributed by atoms with Gasteiger partial charge in [-0.3, -0.25) is 0 Å². The molecule has 3 N–H and O–H groups in total. The maximum absolute atomic E-state index is 12.4. The molecule has 0 aliphatic carbocycles. The van der Waals surface area contributed by atoms with E-state index in [1.54, 1.807) is 6.07 Å². The van der Waals surface area contributed by atoms with Crippen LogP contribution in [0.15, 0.2) is 23.1 Å². The molecule has 1 aromatic rings. The number of ether oxygens (including phenoxy) is 1. The van der Waals surface area contributed by atoms with Crippen molar-refractivity contribution in [3.05, 3.63) is 28.8 Å². The Balaban J connectivity index is 2.24. The summed E-state index contributed by atoms with van der Waals surface area (Å²) >= 11 is 6.02. The van der Waals surface area contributed by atoms with Gasteiger partial charge in [0.1, 0.15) is 0 Å². The Labute approximate surface area is 124 Å². The van der Waals surface area contributed by atoms with Crippen LogP contribution in [0.4, 0.5) is 0 Å². The van der Waals surface area contributed by atoms with Crippen molar-refractivity contribution in [2.24, 2.45) is 5.73 Å². The van der Waals surface area contributed by atoms with Crippen LogP contribution in [0.2, 0.25) is 5.02 Å². The van der Waals surface area contributed by atoms with Crippen molar-refractivity contribution >= 4 is 21.6 Å². The minimum absolute atomic E-state index is 0.160. The fourth-order valence-corrected chi connectivity index (χ4v) is 3.98. The van der Waals surface area contributed by atoms with Gasteiger partial charge in [-0.25, -0.2) is 13.1 Å². The highest BCUT2D eigenvalue weighted by Crippen LogP contribution is 2.25. The van der Waals surface area contributed by atoms with E-state index in [1.807, 2.05) is 6.92 Å². The van der Waals surface area contributed by atoms with E-state index >= 15 is 0 Å². The van der Waals surface area contributed by atoms with Crippen molar-refractivity contribution in [1.29, 1.82) is 0 Å². The molecule has 1 aromatic carbocycles. The second kappa shape index (κ2) is 5.99. The molecular weight excluding hydrogens is 300 g/mol. The van der Waals surface area contributed by atoms with E-state index in [1.165, 1.54) is 12.1 Å². The van der Waals surface area contributed by atoms with Crippen molar-refractivity contribution in [2.75, 3.05) is 13.2 Å². The predicted molar refractivity (Wildman–Crippen MR) is 78.1 cm³/mol. The van der Waals surface area contributed by atoms with Crippen molar-refractivity contribution in [3.8, 4) is 0 Å². The highest BCUT2D eigenvalue weighted by Gasteiger charge is 2.32. The van der Waals surface area contributed by atoms with Crippen LogP contribution in [0, 0.1) is 0 Å². The normalized spacial score (nSPS) is 18.9. The molecule has 0 bridgehead atoms. The van der Waals surface area contributed by atoms with Crippen LogP contribution in [0.1, 0.15) is 25.3 Å². The lowest BCUT2D eigenvalue weighted by atomic mass is 9.94. The third kappa shape index (κ3) is 3.51. The van der Waals surface area contributed by atoms with Gasteiger partial charge >= 0.3 is 0 Å². The standard InChI is InChI=1S/C13H19ClN2O3S/c1-13(4-6-19-7-5-13)16-20(17,18)11-3-2-10(9-15)12(14)8-11/h2-3,8,16H,4-7,9,15H2,1H3. The molecule has 0 radical (unpaired) electrons. The molecule has 1 aliphatic heterocycles. The van der Waals surface area contributed by atoms with Crippen molar-refractivity contribution < 1.29 is 13.2 Å². The molecule has 0 atom stereocenters. The molecule has 1 heterocycles. The Morgan fingerprint density at radius 3 is 2.60 bits per heavy atom. The summed E-state index contributed by atoms with van der Waals surface area (Å²) in [6, 6.07) is 4.61. The SMILES string of the molecule is CC1(NS(=O)(=O)c2ccc(CN)c(Cl)c2)CCOCC1. The smallest absolute Gasteiger partial charge is 0.241 e. The first kappa shape index (κ1) is 15.7. The average molecular weight is 319 g/mol. The minimum Gasteiger partial charge on any atom is -0.381 e. The second-order valence-electron chi connectivity index (χ2n) is 5.24. The lowest BCUT2D eigenvalue weighted by molar-refractivity contribution is 0.0537. The van der Waals surface area contributed by atoms with Gasteiger partial charge in [0.15, 0.2) is 0 Å². The van der Waals surface area contributed by atoms with Crippen molar-refractivity contribution in [1.82, 2.24) is 4.72 Å². The van der Waals surface area contributed by atoms with E-state index in [0.717, 1.165) is 5.56 Å². The number of rotatable bonds is 4. The summed E-state index contributed by atoms with van der Waals surface area (Å²) in [5, 5.41) is 0.368. The first-order valence-electron chi connectivity index (χ1n) is 6.46. The molecule has 0 spiro atoms. The Morgan fingerprint density at radius 1 is 1.40 bits per heavy atom. The number of hydrogen-bond acceptors (Lipinski definition) is 4. The first-order chi connectivity index (χ1) is 9.36. The van der Waals surface area contributed by atoms with Crippen LogP contribution in [0.3, 0.4) is 0 Å². The summed E-state index contributed by atoms with van der Waals surface area (Å²) in [5.74, 6) is 0. The molecule has 0 aromatic heterocycles. The van der Waals surface area contributed by atoms with Gasteiger partial charge in [0.2, 0.25) is 10.0 Å². The molecule has 20 heavy (non-hydrogen) atoms. The summed E-state index contributed by atoms with van der Waals surface area (Å²) in [4.78, 5) is 0.160. The third-order valence-electron chi connectivity index (χ3n) is 3.53. The molecular formula is C13H19ClN2O3S. The van der Waals surface area contributed by atoms with Gasteiger partial charge in [-0.15, -0.1) is 0 Å². The lowest BCUT2D eigenvalue weighted by Crippen LogP contribution is -2.49. The number of hydrogen-bond donors (Lipinski definition) is 2. The average Bonchev–Trinajstić information content (AvgIpc) is 2.38. The van der Waals surface area contributed by atoms with Crippen LogP contribution >= 0.6 is 11.6 Å². The van der Waals surface area contributed by atoms with Gasteiger partial charge < -0.3 is 10.5 Å². The van der Waals surface area contributed by atoms with Crippen molar-refractivity contribution in [2.45, 2.75) is 36.7 Å². The summed E-state index contributed by atoms with van der Waals surface area (Å²) < 4.78 is 32.9. The van der Waals surface area contributed by atoms with Crippen LogP contribution in [0.25, 0.3) is 0 Å². The van der Waals surface area contributed by atoms with Gasteiger partial charge in [-0.05, 0) is 37.5 Å². The maximum atomic E-state index is 12.4. The molecule has 5 nitrogen and oxygen atoms in total. The summed E-state index contributed by atoms with van der Waals surface area (Å²) in [6.45, 7) is 3.29. The Morgan fingerprint density at radius 2 is 2.05 bits per heavy atom. The van der Waals surface area contributed by atoms with Crippen LogP contribution in [-0.4, -0.2) is 27.2 Å². The fourth-order valence-electron chi connectivity index (χ4n) is 2.17. The van der Waals surface area contributed by atoms with Crippen LogP contribution in [-0.2, 0) is 21.3 Å². The molecule has 1 saturated heterocycles. The monoisotopic (exact) mass is 318 g/mol. The van der Waals surface area contributed by atoms with Gasteiger partial charge in [0.05, 0.1) is 4.90 Å². The second-order valence-corrected chi connectivity index (χ2v) is 7.33. The molecule has 7 heteroatoms. The largest absolute Gasteiger partial charge is 0.381 e. The Bertz CT molecular complexity index is 583. The van der Waals surface area contributed by atoms with Gasteiger partial charge in [0, 0.05) is 30.3 Å². The van der Waals surface area contributed by atoms with E-state index in [9.17, 15) is 8.42 Å². The van der Waals surface area contributed by atoms with Gasteiger partial charge in [0.25, 0.3) is 0 Å². The predicted octanol–water partition coefficient (Wildman–Crippen LogP) is 1.65. The summed E-state index contributed by atoms with van der Waals surface area (Å²) in [6.07, 6.45) is 1.31. The highest BCUT2D eigenvalue weighted by molar-refractivity contribution is 7.89. The molecule has 1 fully saturated rings. The third-order valence-corrected chi connectivity index (χ3v) is 5.52. The zero-order valence-electron chi connectivity index (χ0n) is 11.4. The number of nitrogens with two attached hydrogens (primary N) is 1. The van der Waals surface area contributed by atoms with Crippen LogP contribution < -0.4 is 10.5 Å². The van der Waals surface area contributed by atoms with Gasteiger partial charge in [-0.2, -0.15) is 0 Å². The van der Waals surface area contributed by atoms with E-state index in [2.05, 4.69) is 4.72 Å². The molecule has 1 aliphatic rings. The molecule has 112 valence electrons. The Kier molecular flexibility index (Phi) is 4.71. The van der Waals surface area contributed by atoms with Gasteiger partial charge in [-0.1, -0.05) is 17.7 Å². The summed E-state index contributed by atoms with van der Waals surface area (Å²) in [5.41, 5.74) is 5.77. The minimum atomic E-state index is -3.60. The number of halogens is 1. The molecule has 0 saturated carbocycles. The fraction of sp³-hybridized carbons (Fsp3) is 0.538. The van der Waals surface area contributed by atoms with E-state index in [-0.39, 0.29) is 11.4 Å². The van der Waals surface area contributed by atoms with Crippen molar-refractivity contribution in [3.63, 3.8) is 0 Å².